The molecule has 2 heterocycles. The summed E-state index contributed by atoms with van der Waals surface area (Å²) in [7, 11) is 0. The van der Waals surface area contributed by atoms with E-state index in [1.54, 1.807) is 48.5 Å². The normalized spacial score (nSPS) is 16.5. The highest BCUT2D eigenvalue weighted by atomic mass is 35.5. The molecule has 0 spiro atoms. The molecular formula is C34H32ClF3N2O6S2. The zero-order valence-corrected chi connectivity index (χ0v) is 28.0. The molecule has 0 aromatic heterocycles. The molecule has 2 saturated heterocycles. The van der Waals surface area contributed by atoms with E-state index in [1.165, 1.54) is 11.0 Å². The van der Waals surface area contributed by atoms with Crippen LogP contribution in [-0.2, 0) is 26.9 Å². The van der Waals surface area contributed by atoms with Gasteiger partial charge in [0, 0.05) is 42.3 Å². The number of thiocarbonyl (C=S) groups is 1. The van der Waals surface area contributed by atoms with Crippen LogP contribution in [0.15, 0.2) is 65.6 Å². The van der Waals surface area contributed by atoms with Crippen molar-refractivity contribution in [3.05, 3.63) is 87.3 Å². The van der Waals surface area contributed by atoms with Gasteiger partial charge in [-0.1, -0.05) is 53.8 Å². The number of ether oxygens (including phenoxy) is 3. The van der Waals surface area contributed by atoms with Crippen molar-refractivity contribution in [3.63, 3.8) is 0 Å². The first kappa shape index (κ1) is 35.7. The Kier molecular flexibility index (Phi) is 12.0. The average molecular weight is 721 g/mol. The van der Waals surface area contributed by atoms with Crippen LogP contribution in [-0.4, -0.2) is 83.7 Å². The topological polar surface area (TPSA) is 88.5 Å². The Labute approximate surface area is 290 Å². The third kappa shape index (κ3) is 9.50. The lowest BCUT2D eigenvalue weighted by molar-refractivity contribution is -0.138. The number of halogens is 4. The number of aliphatic carboxylic acids is 1. The van der Waals surface area contributed by atoms with Gasteiger partial charge >= 0.3 is 12.1 Å². The molecule has 5 rings (SSSR count). The minimum atomic E-state index is -4.55. The molecule has 0 bridgehead atoms. The Hall–Kier alpha value is -3.62. The SMILES string of the molecule is O=C(O)Cc1cccc(OCCCN2C(=O)/C(=C/c3cc(-c4cc(C(F)(F)F)ccc4Cl)ccc3OCCN3CCOCC3)SC2=S)c1. The molecule has 48 heavy (non-hydrogen) atoms. The number of carbonyl (C=O) groups excluding carboxylic acids is 1. The fourth-order valence-electron chi connectivity index (χ4n) is 5.16. The number of hydrogen-bond donors (Lipinski definition) is 1. The molecule has 0 radical (unpaired) electrons. The van der Waals surface area contributed by atoms with Crippen molar-refractivity contribution >= 4 is 57.9 Å². The number of benzene rings is 3. The number of rotatable bonds is 13. The van der Waals surface area contributed by atoms with E-state index in [4.69, 9.17) is 43.1 Å². The van der Waals surface area contributed by atoms with Gasteiger partial charge in [0.15, 0.2) is 0 Å². The van der Waals surface area contributed by atoms with Crippen LogP contribution >= 0.6 is 35.6 Å². The molecule has 0 saturated carbocycles. The average Bonchev–Trinajstić information content (AvgIpc) is 3.31. The van der Waals surface area contributed by atoms with Crippen LogP contribution in [0.2, 0.25) is 5.02 Å². The van der Waals surface area contributed by atoms with Crippen molar-refractivity contribution in [1.82, 2.24) is 9.80 Å². The smallest absolute Gasteiger partial charge is 0.416 e. The molecule has 254 valence electrons. The van der Waals surface area contributed by atoms with Gasteiger partial charge in [-0.3, -0.25) is 19.4 Å². The van der Waals surface area contributed by atoms with Crippen LogP contribution < -0.4 is 9.47 Å². The lowest BCUT2D eigenvalue weighted by atomic mass is 9.99. The minimum Gasteiger partial charge on any atom is -0.494 e. The fraction of sp³-hybridized carbons (Fsp3) is 0.324. The maximum Gasteiger partial charge on any atom is 0.416 e. The summed E-state index contributed by atoms with van der Waals surface area (Å²) in [5, 5.41) is 9.17. The third-order valence-corrected chi connectivity index (χ3v) is 9.30. The minimum absolute atomic E-state index is 0.114. The van der Waals surface area contributed by atoms with E-state index in [9.17, 15) is 22.8 Å². The molecular weight excluding hydrogens is 689 g/mol. The fourth-order valence-corrected chi connectivity index (χ4v) is 6.69. The standard InChI is InChI=1S/C34H32ClF3N2O6S2/c35-28-7-6-25(34(36,37)38)21-27(28)23-5-8-29(46-16-12-39-10-14-44-15-11-39)24(19-23)20-30-32(43)40(33(47)48-30)9-2-13-45-26-4-1-3-22(17-26)18-31(41)42/h1,3-8,17,19-21H,2,9-16,18H2,(H,41,42)/b30-20-. The molecule has 2 aliphatic heterocycles. The van der Waals surface area contributed by atoms with Crippen LogP contribution in [0.25, 0.3) is 17.2 Å². The van der Waals surface area contributed by atoms with E-state index in [0.717, 1.165) is 37.0 Å². The largest absolute Gasteiger partial charge is 0.494 e. The maximum absolute atomic E-state index is 13.5. The second-order valence-electron chi connectivity index (χ2n) is 11.0. The first-order valence-electron chi connectivity index (χ1n) is 15.1. The quantitative estimate of drug-likeness (QED) is 0.114. The number of carbonyl (C=O) groups is 2. The van der Waals surface area contributed by atoms with Gasteiger partial charge in [-0.2, -0.15) is 13.2 Å². The monoisotopic (exact) mass is 720 g/mol. The Morgan fingerprint density at radius 2 is 1.83 bits per heavy atom. The van der Waals surface area contributed by atoms with Crippen LogP contribution in [0.4, 0.5) is 13.2 Å². The first-order chi connectivity index (χ1) is 23.0. The highest BCUT2D eigenvalue weighted by molar-refractivity contribution is 8.26. The number of nitrogens with zero attached hydrogens (tertiary/aromatic N) is 2. The van der Waals surface area contributed by atoms with E-state index < -0.39 is 17.7 Å². The van der Waals surface area contributed by atoms with E-state index in [0.29, 0.717) is 76.7 Å². The number of carboxylic acid groups (broad SMARTS) is 1. The Balaban J connectivity index is 1.32. The summed E-state index contributed by atoms with van der Waals surface area (Å²) < 4.78 is 58.2. The number of morpholine rings is 1. The first-order valence-corrected chi connectivity index (χ1v) is 16.7. The Morgan fingerprint density at radius 3 is 2.58 bits per heavy atom. The highest BCUT2D eigenvalue weighted by Crippen LogP contribution is 2.39. The molecule has 1 N–H and O–H groups in total. The molecule has 2 aliphatic rings. The number of alkyl halides is 3. The molecule has 0 unspecified atom stereocenters. The number of amides is 1. The number of hydrogen-bond acceptors (Lipinski definition) is 8. The summed E-state index contributed by atoms with van der Waals surface area (Å²) in [4.78, 5) is 28.5. The van der Waals surface area contributed by atoms with E-state index in [1.807, 2.05) is 0 Å². The summed E-state index contributed by atoms with van der Waals surface area (Å²) in [6, 6.07) is 14.9. The van der Waals surface area contributed by atoms with Crippen molar-refractivity contribution in [2.75, 3.05) is 52.6 Å². The number of thioether (sulfide) groups is 1. The Bertz CT molecular complexity index is 1700. The number of carboxylic acids is 1. The summed E-state index contributed by atoms with van der Waals surface area (Å²) >= 11 is 13.0. The summed E-state index contributed by atoms with van der Waals surface area (Å²) in [6.07, 6.45) is -2.56. The molecule has 2 fully saturated rings. The molecule has 3 aromatic carbocycles. The van der Waals surface area contributed by atoms with Gasteiger partial charge in [-0.25, -0.2) is 0 Å². The van der Waals surface area contributed by atoms with Crippen LogP contribution in [0.3, 0.4) is 0 Å². The van der Waals surface area contributed by atoms with Gasteiger partial charge in [-0.15, -0.1) is 0 Å². The van der Waals surface area contributed by atoms with Crippen molar-refractivity contribution in [2.45, 2.75) is 19.0 Å². The highest BCUT2D eigenvalue weighted by Gasteiger charge is 2.33. The van der Waals surface area contributed by atoms with Crippen molar-refractivity contribution in [3.8, 4) is 22.6 Å². The van der Waals surface area contributed by atoms with Crippen molar-refractivity contribution < 1.29 is 42.1 Å². The predicted molar refractivity (Wildman–Crippen MR) is 182 cm³/mol. The molecule has 0 atom stereocenters. The summed E-state index contributed by atoms with van der Waals surface area (Å²) in [5.41, 5.74) is 0.908. The zero-order valence-electron chi connectivity index (χ0n) is 25.6. The van der Waals surface area contributed by atoms with E-state index >= 15 is 0 Å². The zero-order chi connectivity index (χ0) is 34.3. The molecule has 8 nitrogen and oxygen atoms in total. The van der Waals surface area contributed by atoms with Crippen LogP contribution in [0.1, 0.15) is 23.1 Å². The summed E-state index contributed by atoms with van der Waals surface area (Å²) in [5.74, 6) is -0.262. The van der Waals surface area contributed by atoms with Gasteiger partial charge in [0.25, 0.3) is 5.91 Å². The van der Waals surface area contributed by atoms with Crippen LogP contribution in [0, 0.1) is 0 Å². The molecule has 1 amide bonds. The van der Waals surface area contributed by atoms with Gasteiger partial charge in [0.1, 0.15) is 22.4 Å². The lowest BCUT2D eigenvalue weighted by Crippen LogP contribution is -2.38. The van der Waals surface area contributed by atoms with Crippen LogP contribution in [0.5, 0.6) is 11.5 Å². The van der Waals surface area contributed by atoms with Gasteiger partial charge in [0.05, 0.1) is 36.7 Å². The summed E-state index contributed by atoms with van der Waals surface area (Å²) in [6.45, 7) is 4.43. The van der Waals surface area contributed by atoms with E-state index in [-0.39, 0.29) is 29.5 Å². The van der Waals surface area contributed by atoms with Crippen molar-refractivity contribution in [1.29, 1.82) is 0 Å². The lowest BCUT2D eigenvalue weighted by Gasteiger charge is -2.26. The second kappa shape index (κ2) is 16.2. The molecule has 0 aliphatic carbocycles. The van der Waals surface area contributed by atoms with E-state index in [2.05, 4.69) is 4.90 Å². The van der Waals surface area contributed by atoms with Crippen molar-refractivity contribution in [2.24, 2.45) is 0 Å². The van der Waals surface area contributed by atoms with Gasteiger partial charge in [-0.05, 0) is 66.1 Å². The maximum atomic E-state index is 13.5. The van der Waals surface area contributed by atoms with Gasteiger partial charge < -0.3 is 19.3 Å². The molecule has 3 aromatic rings. The third-order valence-electron chi connectivity index (χ3n) is 7.59. The second-order valence-corrected chi connectivity index (χ2v) is 13.1. The van der Waals surface area contributed by atoms with Gasteiger partial charge in [0.2, 0.25) is 0 Å². The molecule has 14 heteroatoms. The Morgan fingerprint density at radius 1 is 1.04 bits per heavy atom. The predicted octanol–water partition coefficient (Wildman–Crippen LogP) is 7.03.